The van der Waals surface area contributed by atoms with Gasteiger partial charge in [0.1, 0.15) is 0 Å². The van der Waals surface area contributed by atoms with Crippen LogP contribution in [0.1, 0.15) is 26.2 Å². The molecule has 2 fully saturated rings. The van der Waals surface area contributed by atoms with E-state index in [9.17, 15) is 4.21 Å². The molecule has 2 aliphatic heterocycles. The van der Waals surface area contributed by atoms with Crippen LogP contribution in [-0.4, -0.2) is 40.2 Å². The number of hydrogen-bond acceptors (Lipinski definition) is 3. The zero-order chi connectivity index (χ0) is 10.2. The average molecular weight is 216 g/mol. The van der Waals surface area contributed by atoms with E-state index in [1.165, 1.54) is 0 Å². The van der Waals surface area contributed by atoms with Crippen LogP contribution >= 0.6 is 0 Å². The summed E-state index contributed by atoms with van der Waals surface area (Å²) in [4.78, 5) is 2.45. The SMILES string of the molecule is CCN1CCC2(CC1)CCS(=N)(=O)C2. The molecule has 4 heteroatoms. The minimum absolute atomic E-state index is 0.282. The predicted octanol–water partition coefficient (Wildman–Crippen LogP) is 1.54. The first-order valence-electron chi connectivity index (χ1n) is 5.52. The van der Waals surface area contributed by atoms with Gasteiger partial charge in [0.2, 0.25) is 0 Å². The van der Waals surface area contributed by atoms with Crippen LogP contribution in [0.4, 0.5) is 0 Å². The largest absolute Gasteiger partial charge is 0.304 e. The summed E-state index contributed by atoms with van der Waals surface area (Å²) in [5.41, 5.74) is 0.282. The van der Waals surface area contributed by atoms with Gasteiger partial charge in [-0.05, 0) is 44.3 Å². The van der Waals surface area contributed by atoms with Crippen molar-refractivity contribution in [1.82, 2.24) is 4.90 Å². The van der Waals surface area contributed by atoms with Crippen molar-refractivity contribution in [3.05, 3.63) is 0 Å². The van der Waals surface area contributed by atoms with Crippen molar-refractivity contribution in [1.29, 1.82) is 4.78 Å². The van der Waals surface area contributed by atoms with Crippen molar-refractivity contribution >= 4 is 9.73 Å². The fraction of sp³-hybridized carbons (Fsp3) is 1.00. The highest BCUT2D eigenvalue weighted by molar-refractivity contribution is 7.92. The number of nitrogens with one attached hydrogen (secondary N) is 1. The molecule has 2 heterocycles. The van der Waals surface area contributed by atoms with Crippen LogP contribution in [0.15, 0.2) is 0 Å². The molecule has 2 saturated heterocycles. The van der Waals surface area contributed by atoms with E-state index < -0.39 is 9.73 Å². The van der Waals surface area contributed by atoms with E-state index in [0.717, 1.165) is 38.9 Å². The number of piperidine rings is 1. The van der Waals surface area contributed by atoms with E-state index in [2.05, 4.69) is 11.8 Å². The van der Waals surface area contributed by atoms with Gasteiger partial charge < -0.3 is 4.90 Å². The lowest BCUT2D eigenvalue weighted by molar-refractivity contribution is 0.128. The Balaban J connectivity index is 2.01. The van der Waals surface area contributed by atoms with Crippen molar-refractivity contribution in [3.8, 4) is 0 Å². The third kappa shape index (κ3) is 1.96. The molecule has 0 radical (unpaired) electrons. The Morgan fingerprint density at radius 3 is 2.43 bits per heavy atom. The van der Waals surface area contributed by atoms with Gasteiger partial charge >= 0.3 is 0 Å². The van der Waals surface area contributed by atoms with Crippen LogP contribution < -0.4 is 0 Å². The van der Waals surface area contributed by atoms with E-state index in [4.69, 9.17) is 4.78 Å². The van der Waals surface area contributed by atoms with Crippen LogP contribution in [0, 0.1) is 10.2 Å². The van der Waals surface area contributed by atoms with E-state index in [1.807, 2.05) is 0 Å². The number of hydrogen-bond donors (Lipinski definition) is 1. The van der Waals surface area contributed by atoms with Crippen molar-refractivity contribution < 1.29 is 4.21 Å². The molecule has 0 aromatic rings. The number of rotatable bonds is 1. The van der Waals surface area contributed by atoms with E-state index in [1.54, 1.807) is 0 Å². The summed E-state index contributed by atoms with van der Waals surface area (Å²) in [5.74, 6) is 1.33. The zero-order valence-corrected chi connectivity index (χ0v) is 9.74. The molecule has 1 unspecified atom stereocenters. The van der Waals surface area contributed by atoms with E-state index in [-0.39, 0.29) is 5.41 Å². The molecule has 1 spiro atoms. The Morgan fingerprint density at radius 1 is 1.36 bits per heavy atom. The smallest absolute Gasteiger partial charge is 0.0447 e. The van der Waals surface area contributed by atoms with Crippen LogP contribution in [0.25, 0.3) is 0 Å². The minimum atomic E-state index is -2.20. The molecule has 0 amide bonds. The van der Waals surface area contributed by atoms with Gasteiger partial charge in [-0.25, -0.2) is 4.21 Å². The monoisotopic (exact) mass is 216 g/mol. The van der Waals surface area contributed by atoms with Gasteiger partial charge in [0, 0.05) is 21.2 Å². The second-order valence-corrected chi connectivity index (χ2v) is 7.17. The first-order chi connectivity index (χ1) is 6.55. The minimum Gasteiger partial charge on any atom is -0.304 e. The topological polar surface area (TPSA) is 44.2 Å². The third-order valence-electron chi connectivity index (χ3n) is 3.87. The molecule has 82 valence electrons. The summed E-state index contributed by atoms with van der Waals surface area (Å²) < 4.78 is 19.3. The van der Waals surface area contributed by atoms with E-state index in [0.29, 0.717) is 11.5 Å². The Morgan fingerprint density at radius 2 is 2.00 bits per heavy atom. The molecule has 2 rings (SSSR count). The Kier molecular flexibility index (Phi) is 2.60. The van der Waals surface area contributed by atoms with Crippen molar-refractivity contribution in [2.45, 2.75) is 26.2 Å². The van der Waals surface area contributed by atoms with Crippen LogP contribution in [0.3, 0.4) is 0 Å². The molecule has 0 aromatic heterocycles. The summed E-state index contributed by atoms with van der Waals surface area (Å²) in [5, 5.41) is 0. The predicted molar refractivity (Wildman–Crippen MR) is 59.0 cm³/mol. The van der Waals surface area contributed by atoms with Gasteiger partial charge in [-0.3, -0.25) is 4.78 Å². The standard InChI is InChI=1S/C10H20N2OS/c1-2-12-6-3-10(4-7-12)5-8-14(11,13)9-10/h11H,2-9H2,1H3. The molecule has 0 saturated carbocycles. The van der Waals surface area contributed by atoms with Gasteiger partial charge in [0.25, 0.3) is 0 Å². The lowest BCUT2D eigenvalue weighted by Gasteiger charge is -2.38. The van der Waals surface area contributed by atoms with Crippen molar-refractivity contribution in [3.63, 3.8) is 0 Å². The molecule has 2 aliphatic rings. The highest BCUT2D eigenvalue weighted by Gasteiger charge is 2.41. The first kappa shape index (κ1) is 10.4. The highest BCUT2D eigenvalue weighted by atomic mass is 32.2. The zero-order valence-electron chi connectivity index (χ0n) is 8.92. The molecule has 0 aromatic carbocycles. The summed E-state index contributed by atoms with van der Waals surface area (Å²) >= 11 is 0. The van der Waals surface area contributed by atoms with Crippen LogP contribution in [-0.2, 0) is 9.73 Å². The summed E-state index contributed by atoms with van der Waals surface area (Å²) in [7, 11) is -2.20. The fourth-order valence-corrected chi connectivity index (χ4v) is 5.09. The maximum absolute atomic E-state index is 11.7. The third-order valence-corrected chi connectivity index (χ3v) is 5.81. The average Bonchev–Trinajstić information content (AvgIpc) is 2.44. The summed E-state index contributed by atoms with van der Waals surface area (Å²) in [6, 6.07) is 0. The summed E-state index contributed by atoms with van der Waals surface area (Å²) in [6.07, 6.45) is 3.36. The molecule has 0 bridgehead atoms. The normalized spacial score (nSPS) is 37.8. The summed E-state index contributed by atoms with van der Waals surface area (Å²) in [6.45, 7) is 5.62. The van der Waals surface area contributed by atoms with Gasteiger partial charge in [0.05, 0.1) is 0 Å². The second-order valence-electron chi connectivity index (χ2n) is 4.84. The van der Waals surface area contributed by atoms with Gasteiger partial charge in [-0.2, -0.15) is 0 Å². The molecule has 1 atom stereocenters. The lowest BCUT2D eigenvalue weighted by Crippen LogP contribution is -2.40. The van der Waals surface area contributed by atoms with Gasteiger partial charge in [-0.1, -0.05) is 6.92 Å². The first-order valence-corrected chi connectivity index (χ1v) is 7.41. The molecular formula is C10H20N2OS. The Hall–Kier alpha value is -0.0900. The number of nitrogens with zero attached hydrogens (tertiary/aromatic N) is 1. The molecule has 1 N–H and O–H groups in total. The molecule has 3 nitrogen and oxygen atoms in total. The second kappa shape index (κ2) is 3.49. The Bertz CT molecular complexity index is 302. The van der Waals surface area contributed by atoms with Crippen LogP contribution in [0.5, 0.6) is 0 Å². The molecular weight excluding hydrogens is 196 g/mol. The Labute approximate surface area is 86.8 Å². The van der Waals surface area contributed by atoms with Crippen molar-refractivity contribution in [2.75, 3.05) is 31.1 Å². The fourth-order valence-electron chi connectivity index (χ4n) is 2.76. The maximum Gasteiger partial charge on any atom is 0.0447 e. The quantitative estimate of drug-likeness (QED) is 0.722. The lowest BCUT2D eigenvalue weighted by atomic mass is 9.78. The highest BCUT2D eigenvalue weighted by Crippen LogP contribution is 2.41. The molecule has 0 aliphatic carbocycles. The van der Waals surface area contributed by atoms with E-state index >= 15 is 0 Å². The maximum atomic E-state index is 11.7. The number of likely N-dealkylation sites (tertiary alicyclic amines) is 1. The van der Waals surface area contributed by atoms with Crippen LogP contribution in [0.2, 0.25) is 0 Å². The van der Waals surface area contributed by atoms with Crippen molar-refractivity contribution in [2.24, 2.45) is 5.41 Å². The van der Waals surface area contributed by atoms with Gasteiger partial charge in [-0.15, -0.1) is 0 Å². The van der Waals surface area contributed by atoms with Gasteiger partial charge in [0.15, 0.2) is 0 Å². The molecule has 14 heavy (non-hydrogen) atoms.